The van der Waals surface area contributed by atoms with Crippen molar-refractivity contribution in [2.45, 2.75) is 219 Å². The molecule has 0 aliphatic heterocycles. The molecule has 0 radical (unpaired) electrons. The third-order valence-corrected chi connectivity index (χ3v) is 9.59. The normalized spacial score (nSPS) is 16.0. The van der Waals surface area contributed by atoms with Crippen LogP contribution in [0.25, 0.3) is 0 Å². The van der Waals surface area contributed by atoms with E-state index in [1.165, 1.54) is 204 Å². The van der Waals surface area contributed by atoms with Crippen molar-refractivity contribution in [3.63, 3.8) is 0 Å². The van der Waals surface area contributed by atoms with Crippen molar-refractivity contribution in [3.05, 3.63) is 23.7 Å². The number of hydrogen-bond donors (Lipinski definition) is 0. The summed E-state index contributed by atoms with van der Waals surface area (Å²) < 4.78 is 6.79. The number of unbranched alkanes of at least 4 members (excludes halogenated alkanes) is 20. The van der Waals surface area contributed by atoms with Crippen molar-refractivity contribution in [2.24, 2.45) is 11.8 Å². The molecule has 1 heteroatoms. The van der Waals surface area contributed by atoms with E-state index in [2.05, 4.69) is 26.0 Å². The Hall–Kier alpha value is -0.720. The molecular formula is C40H74O. The summed E-state index contributed by atoms with van der Waals surface area (Å²) in [5, 5.41) is 0. The molecule has 41 heavy (non-hydrogen) atoms. The molecule has 0 aromatic rings. The highest BCUT2D eigenvalue weighted by atomic mass is 16.5. The van der Waals surface area contributed by atoms with Gasteiger partial charge in [-0.1, -0.05) is 168 Å². The summed E-state index contributed by atoms with van der Waals surface area (Å²) in [7, 11) is 0. The summed E-state index contributed by atoms with van der Waals surface area (Å²) in [6.07, 6.45) is 49.3. The average molecular weight is 571 g/mol. The summed E-state index contributed by atoms with van der Waals surface area (Å²) in [5.74, 6) is 4.81. The Labute approximate surface area is 259 Å². The van der Waals surface area contributed by atoms with E-state index in [-0.39, 0.29) is 0 Å². The van der Waals surface area contributed by atoms with E-state index < -0.39 is 0 Å². The van der Waals surface area contributed by atoms with Crippen LogP contribution in [0.3, 0.4) is 0 Å². The fourth-order valence-corrected chi connectivity index (χ4v) is 6.27. The van der Waals surface area contributed by atoms with Crippen molar-refractivity contribution in [1.29, 1.82) is 0 Å². The lowest BCUT2D eigenvalue weighted by molar-refractivity contribution is 0.266. The predicted molar refractivity (Wildman–Crippen MR) is 183 cm³/mol. The standard InChI is InChI=1S/C40H74O/c1-3-5-7-9-17-23-29-39(31-25-19-13-11-15-21-27-37-33-34-37)41-40(30-24-18-10-8-6-4-2)32-26-20-14-12-16-22-28-38-35-36-38/h31-32,37-38H,3-30,33-36H2,1-2H3/b39-31-,40-32-. The molecule has 2 rings (SSSR count). The second-order valence-corrected chi connectivity index (χ2v) is 14.1. The third-order valence-electron chi connectivity index (χ3n) is 9.59. The first kappa shape index (κ1) is 36.5. The quantitative estimate of drug-likeness (QED) is 0.0577. The van der Waals surface area contributed by atoms with Gasteiger partial charge in [0.1, 0.15) is 0 Å². The molecule has 0 aromatic heterocycles. The maximum absolute atomic E-state index is 6.79. The third kappa shape index (κ3) is 24.4. The topological polar surface area (TPSA) is 9.23 Å². The molecule has 0 spiro atoms. The van der Waals surface area contributed by atoms with Gasteiger partial charge in [-0.25, -0.2) is 0 Å². The molecular weight excluding hydrogens is 496 g/mol. The van der Waals surface area contributed by atoms with Gasteiger partial charge in [-0.15, -0.1) is 0 Å². The monoisotopic (exact) mass is 571 g/mol. The zero-order valence-corrected chi connectivity index (χ0v) is 28.3. The Morgan fingerprint density at radius 1 is 0.439 bits per heavy atom. The molecule has 2 aliphatic rings. The van der Waals surface area contributed by atoms with Gasteiger partial charge in [-0.05, 0) is 62.5 Å². The van der Waals surface area contributed by atoms with E-state index >= 15 is 0 Å². The highest BCUT2D eigenvalue weighted by molar-refractivity contribution is 5.03. The second-order valence-electron chi connectivity index (χ2n) is 14.1. The van der Waals surface area contributed by atoms with Crippen LogP contribution in [-0.4, -0.2) is 0 Å². The Morgan fingerprint density at radius 2 is 0.780 bits per heavy atom. The Kier molecular flexibility index (Phi) is 23.9. The molecule has 2 fully saturated rings. The number of allylic oxidation sites excluding steroid dienone is 4. The fraction of sp³-hybridized carbons (Fsp3) is 0.900. The Balaban J connectivity index is 1.76. The van der Waals surface area contributed by atoms with E-state index in [0.717, 1.165) is 24.7 Å². The minimum atomic E-state index is 1.11. The lowest BCUT2D eigenvalue weighted by Gasteiger charge is -2.15. The second kappa shape index (κ2) is 26.9. The summed E-state index contributed by atoms with van der Waals surface area (Å²) in [4.78, 5) is 0. The molecule has 0 saturated heterocycles. The molecule has 0 unspecified atom stereocenters. The summed E-state index contributed by atoms with van der Waals surface area (Å²) in [6, 6.07) is 0. The predicted octanol–water partition coefficient (Wildman–Crippen LogP) is 14.6. The van der Waals surface area contributed by atoms with Crippen LogP contribution in [-0.2, 0) is 4.74 Å². The van der Waals surface area contributed by atoms with E-state index in [4.69, 9.17) is 4.74 Å². The average Bonchev–Trinajstić information content (AvgIpc) is 3.91. The molecule has 2 saturated carbocycles. The van der Waals surface area contributed by atoms with E-state index in [1.54, 1.807) is 0 Å². The van der Waals surface area contributed by atoms with Crippen LogP contribution in [0.2, 0.25) is 0 Å². The van der Waals surface area contributed by atoms with Crippen molar-refractivity contribution in [3.8, 4) is 0 Å². The van der Waals surface area contributed by atoms with Gasteiger partial charge in [-0.3, -0.25) is 0 Å². The summed E-state index contributed by atoms with van der Waals surface area (Å²) in [5.41, 5.74) is 0. The zero-order chi connectivity index (χ0) is 29.1. The lowest BCUT2D eigenvalue weighted by Crippen LogP contribution is -1.97. The van der Waals surface area contributed by atoms with Crippen molar-refractivity contribution in [1.82, 2.24) is 0 Å². The smallest absolute Gasteiger partial charge is 0.0996 e. The molecule has 0 heterocycles. The molecule has 2 aliphatic carbocycles. The van der Waals surface area contributed by atoms with Gasteiger partial charge in [0.25, 0.3) is 0 Å². The molecule has 240 valence electrons. The number of rotatable bonds is 32. The molecule has 0 atom stereocenters. The molecule has 0 N–H and O–H groups in total. The van der Waals surface area contributed by atoms with E-state index in [9.17, 15) is 0 Å². The lowest BCUT2D eigenvalue weighted by atomic mass is 10.1. The number of ether oxygens (including phenoxy) is 1. The molecule has 0 bridgehead atoms. The minimum Gasteiger partial charge on any atom is -0.467 e. The van der Waals surface area contributed by atoms with Crippen LogP contribution in [0, 0.1) is 11.8 Å². The Bertz CT molecular complexity index is 569. The largest absolute Gasteiger partial charge is 0.467 e. The highest BCUT2D eigenvalue weighted by Gasteiger charge is 2.20. The van der Waals surface area contributed by atoms with Crippen molar-refractivity contribution in [2.75, 3.05) is 0 Å². The maximum atomic E-state index is 6.79. The van der Waals surface area contributed by atoms with Crippen LogP contribution < -0.4 is 0 Å². The van der Waals surface area contributed by atoms with Crippen LogP contribution in [0.15, 0.2) is 23.7 Å². The number of hydrogen-bond acceptors (Lipinski definition) is 1. The SMILES string of the molecule is CCCCCCCC/C(=C/CCCCCCCC1CC1)O/C(=C\CCCCCCCC1CC1)CCCCCCCC. The summed E-state index contributed by atoms with van der Waals surface area (Å²) >= 11 is 0. The highest BCUT2D eigenvalue weighted by Crippen LogP contribution is 2.35. The molecule has 0 amide bonds. The van der Waals surface area contributed by atoms with Crippen LogP contribution in [0.1, 0.15) is 219 Å². The fourth-order valence-electron chi connectivity index (χ4n) is 6.27. The molecule has 0 aromatic carbocycles. The zero-order valence-electron chi connectivity index (χ0n) is 28.3. The van der Waals surface area contributed by atoms with E-state index in [1.807, 2.05) is 0 Å². The van der Waals surface area contributed by atoms with Gasteiger partial charge in [0, 0.05) is 12.8 Å². The van der Waals surface area contributed by atoms with Crippen LogP contribution in [0.4, 0.5) is 0 Å². The molecule has 1 nitrogen and oxygen atoms in total. The van der Waals surface area contributed by atoms with Crippen LogP contribution in [0.5, 0.6) is 0 Å². The van der Waals surface area contributed by atoms with Gasteiger partial charge >= 0.3 is 0 Å². The first-order chi connectivity index (χ1) is 20.3. The minimum absolute atomic E-state index is 1.11. The first-order valence-corrected chi connectivity index (χ1v) is 19.4. The van der Waals surface area contributed by atoms with Gasteiger partial charge in [-0.2, -0.15) is 0 Å². The maximum Gasteiger partial charge on any atom is 0.0996 e. The van der Waals surface area contributed by atoms with Gasteiger partial charge in [0.2, 0.25) is 0 Å². The van der Waals surface area contributed by atoms with Gasteiger partial charge < -0.3 is 4.74 Å². The van der Waals surface area contributed by atoms with E-state index in [0.29, 0.717) is 0 Å². The Morgan fingerprint density at radius 3 is 1.17 bits per heavy atom. The summed E-state index contributed by atoms with van der Waals surface area (Å²) in [6.45, 7) is 4.63. The first-order valence-electron chi connectivity index (χ1n) is 19.4. The van der Waals surface area contributed by atoms with Crippen molar-refractivity contribution >= 4 is 0 Å². The van der Waals surface area contributed by atoms with Crippen LogP contribution >= 0.6 is 0 Å². The van der Waals surface area contributed by atoms with Crippen molar-refractivity contribution < 1.29 is 4.74 Å². The van der Waals surface area contributed by atoms with Gasteiger partial charge in [0.15, 0.2) is 0 Å². The van der Waals surface area contributed by atoms with Gasteiger partial charge in [0.05, 0.1) is 11.5 Å².